The highest BCUT2D eigenvalue weighted by molar-refractivity contribution is 9.10. The summed E-state index contributed by atoms with van der Waals surface area (Å²) in [5.74, 6) is 0. The zero-order valence-corrected chi connectivity index (χ0v) is 10.8. The molecule has 78 valence electrons. The summed E-state index contributed by atoms with van der Waals surface area (Å²) in [6, 6.07) is 7.84. The van der Waals surface area contributed by atoms with E-state index in [4.69, 9.17) is 11.6 Å². The molecule has 0 spiro atoms. The van der Waals surface area contributed by atoms with E-state index in [0.29, 0.717) is 0 Å². The molecule has 15 heavy (non-hydrogen) atoms. The Bertz CT molecular complexity index is 496. The molecule has 2 aromatic rings. The van der Waals surface area contributed by atoms with Gasteiger partial charge < -0.3 is 0 Å². The molecule has 2 rings (SSSR count). The fraction of sp³-hybridized carbons (Fsp3) is 0.250. The lowest BCUT2D eigenvalue weighted by molar-refractivity contribution is 0.889. The van der Waals surface area contributed by atoms with Crippen molar-refractivity contribution in [3.05, 3.63) is 39.5 Å². The van der Waals surface area contributed by atoms with Crippen molar-refractivity contribution in [3.8, 4) is 0 Å². The number of aromatic nitrogens is 1. The number of rotatable bonds is 2. The Morgan fingerprint density at radius 2 is 2.13 bits per heavy atom. The maximum atomic E-state index is 5.94. The second kappa shape index (κ2) is 4.50. The molecule has 0 radical (unpaired) electrons. The van der Waals surface area contributed by atoms with Crippen LogP contribution < -0.4 is 0 Å². The Kier molecular flexibility index (Phi) is 3.27. The molecule has 1 heterocycles. The van der Waals surface area contributed by atoms with Crippen LogP contribution in [-0.2, 0) is 6.42 Å². The van der Waals surface area contributed by atoms with Crippen LogP contribution in [0.4, 0.5) is 0 Å². The molecule has 0 atom stereocenters. The zero-order chi connectivity index (χ0) is 10.8. The number of hydrogen-bond acceptors (Lipinski definition) is 1. The predicted molar refractivity (Wildman–Crippen MR) is 68.4 cm³/mol. The highest BCUT2D eigenvalue weighted by Crippen LogP contribution is 2.26. The van der Waals surface area contributed by atoms with E-state index in [2.05, 4.69) is 33.9 Å². The summed E-state index contributed by atoms with van der Waals surface area (Å²) >= 11 is 9.50. The summed E-state index contributed by atoms with van der Waals surface area (Å²) in [7, 11) is 0. The minimum absolute atomic E-state index is 0.744. The summed E-state index contributed by atoms with van der Waals surface area (Å²) in [5.41, 5.74) is 2.12. The highest BCUT2D eigenvalue weighted by Gasteiger charge is 2.03. The first-order valence-corrected chi connectivity index (χ1v) is 6.12. The van der Waals surface area contributed by atoms with Crippen molar-refractivity contribution in [2.45, 2.75) is 19.8 Å². The molecular weight excluding hydrogens is 273 g/mol. The van der Waals surface area contributed by atoms with Gasteiger partial charge in [0.1, 0.15) is 0 Å². The fourth-order valence-electron chi connectivity index (χ4n) is 1.59. The minimum atomic E-state index is 0.744. The average Bonchev–Trinajstić information content (AvgIpc) is 2.20. The first kappa shape index (κ1) is 10.9. The molecule has 0 amide bonds. The summed E-state index contributed by atoms with van der Waals surface area (Å²) in [6.45, 7) is 2.15. The van der Waals surface area contributed by atoms with Crippen LogP contribution in [0.5, 0.6) is 0 Å². The monoisotopic (exact) mass is 283 g/mol. The molecule has 0 fully saturated rings. The van der Waals surface area contributed by atoms with Crippen LogP contribution in [0.3, 0.4) is 0 Å². The summed E-state index contributed by atoms with van der Waals surface area (Å²) < 4.78 is 1.07. The first-order chi connectivity index (χ1) is 7.20. The topological polar surface area (TPSA) is 12.9 Å². The van der Waals surface area contributed by atoms with E-state index < -0.39 is 0 Å². The van der Waals surface area contributed by atoms with Gasteiger partial charge in [-0.25, -0.2) is 0 Å². The number of hydrogen-bond donors (Lipinski definition) is 0. The highest BCUT2D eigenvalue weighted by atomic mass is 79.9. The van der Waals surface area contributed by atoms with E-state index in [1.165, 1.54) is 0 Å². The van der Waals surface area contributed by atoms with Crippen LogP contribution in [-0.4, -0.2) is 4.98 Å². The maximum absolute atomic E-state index is 5.94. The van der Waals surface area contributed by atoms with Gasteiger partial charge in [0, 0.05) is 20.6 Å². The van der Waals surface area contributed by atoms with Crippen LogP contribution in [0.2, 0.25) is 5.02 Å². The Labute approximate surface area is 103 Å². The molecule has 0 saturated heterocycles. The standard InChI is InChI=1S/C12H11BrClN/c1-2-3-9-7-11(13)10-6-8(14)4-5-12(10)15-9/h4-7H,2-3H2,1H3. The van der Waals surface area contributed by atoms with E-state index >= 15 is 0 Å². The summed E-state index contributed by atoms with van der Waals surface area (Å²) in [4.78, 5) is 4.58. The van der Waals surface area contributed by atoms with Crippen molar-refractivity contribution in [3.63, 3.8) is 0 Å². The normalized spacial score (nSPS) is 10.9. The van der Waals surface area contributed by atoms with Gasteiger partial charge in [-0.2, -0.15) is 0 Å². The largest absolute Gasteiger partial charge is 0.253 e. The molecule has 0 saturated carbocycles. The number of halogens is 2. The molecular formula is C12H11BrClN. The van der Waals surface area contributed by atoms with Crippen molar-refractivity contribution in [1.29, 1.82) is 0 Å². The van der Waals surface area contributed by atoms with Gasteiger partial charge >= 0.3 is 0 Å². The summed E-state index contributed by atoms with van der Waals surface area (Å²) in [5, 5.41) is 1.82. The fourth-order valence-corrected chi connectivity index (χ4v) is 2.35. The van der Waals surface area contributed by atoms with E-state index in [0.717, 1.165) is 38.9 Å². The van der Waals surface area contributed by atoms with E-state index in [1.807, 2.05) is 18.2 Å². The van der Waals surface area contributed by atoms with Crippen LogP contribution in [0.25, 0.3) is 10.9 Å². The second-order valence-corrected chi connectivity index (χ2v) is 4.80. The van der Waals surface area contributed by atoms with Crippen molar-refractivity contribution >= 4 is 38.4 Å². The van der Waals surface area contributed by atoms with Crippen LogP contribution in [0.15, 0.2) is 28.7 Å². The lowest BCUT2D eigenvalue weighted by Crippen LogP contribution is -1.90. The molecule has 1 aromatic carbocycles. The Morgan fingerprint density at radius 1 is 1.33 bits per heavy atom. The smallest absolute Gasteiger partial charge is 0.0717 e. The van der Waals surface area contributed by atoms with Crippen molar-refractivity contribution < 1.29 is 0 Å². The average molecular weight is 285 g/mol. The number of benzene rings is 1. The third-order valence-corrected chi connectivity index (χ3v) is 3.17. The molecule has 1 aromatic heterocycles. The Morgan fingerprint density at radius 3 is 2.87 bits per heavy atom. The van der Waals surface area contributed by atoms with Crippen LogP contribution >= 0.6 is 27.5 Å². The molecule has 0 aliphatic heterocycles. The third-order valence-electron chi connectivity index (χ3n) is 2.28. The van der Waals surface area contributed by atoms with Crippen molar-refractivity contribution in [1.82, 2.24) is 4.98 Å². The number of pyridine rings is 1. The van der Waals surface area contributed by atoms with Gasteiger partial charge in [0.25, 0.3) is 0 Å². The number of aryl methyl sites for hydroxylation is 1. The number of nitrogens with zero attached hydrogens (tertiary/aromatic N) is 1. The maximum Gasteiger partial charge on any atom is 0.0717 e. The van der Waals surface area contributed by atoms with E-state index in [9.17, 15) is 0 Å². The summed E-state index contributed by atoms with van der Waals surface area (Å²) in [6.07, 6.45) is 2.12. The molecule has 1 nitrogen and oxygen atoms in total. The van der Waals surface area contributed by atoms with Crippen molar-refractivity contribution in [2.24, 2.45) is 0 Å². The van der Waals surface area contributed by atoms with Gasteiger partial charge in [-0.1, -0.05) is 40.9 Å². The van der Waals surface area contributed by atoms with E-state index in [1.54, 1.807) is 0 Å². The van der Waals surface area contributed by atoms with E-state index in [-0.39, 0.29) is 0 Å². The molecule has 0 N–H and O–H groups in total. The molecule has 0 aliphatic carbocycles. The van der Waals surface area contributed by atoms with Gasteiger partial charge in [0.05, 0.1) is 5.52 Å². The van der Waals surface area contributed by atoms with Gasteiger partial charge in [-0.3, -0.25) is 4.98 Å². The first-order valence-electron chi connectivity index (χ1n) is 4.95. The van der Waals surface area contributed by atoms with Crippen LogP contribution in [0, 0.1) is 0 Å². The number of fused-ring (bicyclic) bond motifs is 1. The van der Waals surface area contributed by atoms with Crippen molar-refractivity contribution in [2.75, 3.05) is 0 Å². The predicted octanol–water partition coefficient (Wildman–Crippen LogP) is 4.60. The minimum Gasteiger partial charge on any atom is -0.253 e. The Hall–Kier alpha value is -0.600. The quantitative estimate of drug-likeness (QED) is 0.785. The van der Waals surface area contributed by atoms with Gasteiger partial charge in [0.2, 0.25) is 0 Å². The van der Waals surface area contributed by atoms with Gasteiger partial charge in [-0.15, -0.1) is 0 Å². The molecule has 0 aliphatic rings. The van der Waals surface area contributed by atoms with Gasteiger partial charge in [-0.05, 0) is 30.7 Å². The molecule has 3 heteroatoms. The zero-order valence-electron chi connectivity index (χ0n) is 8.43. The SMILES string of the molecule is CCCc1cc(Br)c2cc(Cl)ccc2n1. The second-order valence-electron chi connectivity index (χ2n) is 3.51. The Balaban J connectivity index is 2.62. The molecule has 0 unspecified atom stereocenters. The lowest BCUT2D eigenvalue weighted by atomic mass is 10.1. The lowest BCUT2D eigenvalue weighted by Gasteiger charge is -2.04. The third kappa shape index (κ3) is 2.32. The van der Waals surface area contributed by atoms with Gasteiger partial charge in [0.15, 0.2) is 0 Å². The van der Waals surface area contributed by atoms with Crippen LogP contribution in [0.1, 0.15) is 19.0 Å². The molecule has 0 bridgehead atoms.